The predicted octanol–water partition coefficient (Wildman–Crippen LogP) is 1.85. The maximum atomic E-state index is 12.7. The van der Waals surface area contributed by atoms with Crippen LogP contribution in [-0.2, 0) is 11.2 Å². The number of carbonyl (C=O) groups is 1. The van der Waals surface area contributed by atoms with Gasteiger partial charge in [0, 0.05) is 44.1 Å². The maximum Gasteiger partial charge on any atom is 0.220 e. The van der Waals surface area contributed by atoms with Crippen LogP contribution < -0.4 is 14.8 Å². The summed E-state index contributed by atoms with van der Waals surface area (Å²) in [5.41, 5.74) is 2.58. The highest BCUT2D eigenvalue weighted by Gasteiger charge is 2.34. The van der Waals surface area contributed by atoms with Gasteiger partial charge in [-0.1, -0.05) is 0 Å². The van der Waals surface area contributed by atoms with E-state index in [1.54, 1.807) is 14.2 Å². The molecule has 3 unspecified atom stereocenters. The molecule has 0 saturated carbocycles. The Morgan fingerprint density at radius 1 is 1.33 bits per heavy atom. The third-order valence-corrected chi connectivity index (χ3v) is 5.67. The van der Waals surface area contributed by atoms with Crippen molar-refractivity contribution in [1.82, 2.24) is 10.2 Å². The number of aliphatic hydroxyl groups is 1. The van der Waals surface area contributed by atoms with E-state index in [4.69, 9.17) is 14.6 Å². The van der Waals surface area contributed by atoms with Crippen molar-refractivity contribution in [3.05, 3.63) is 23.3 Å². The fourth-order valence-corrected chi connectivity index (χ4v) is 4.20. The van der Waals surface area contributed by atoms with Crippen LogP contribution >= 0.6 is 0 Å². The van der Waals surface area contributed by atoms with Crippen molar-refractivity contribution in [2.45, 2.75) is 37.8 Å². The number of hydrogen-bond donors (Lipinski definition) is 2. The Bertz CT molecular complexity index is 666. The standard InChI is InChI=1S/C20H29FN2O4/c1-26-18-8-14-5-6-23-11-15(22-20(25)7-13(10-21)12-24)3-4-17(23)16(14)9-19(18)27-2/h8-9,13,15,17,24H,3-7,10-12H2,1-2H3,(H,22,25). The molecule has 3 rings (SSSR count). The molecule has 0 aromatic heterocycles. The number of ether oxygens (including phenoxy) is 2. The van der Waals surface area contributed by atoms with Gasteiger partial charge in [-0.25, -0.2) is 0 Å². The molecule has 6 nitrogen and oxygen atoms in total. The van der Waals surface area contributed by atoms with Gasteiger partial charge in [0.15, 0.2) is 11.5 Å². The van der Waals surface area contributed by atoms with Gasteiger partial charge in [0.1, 0.15) is 0 Å². The van der Waals surface area contributed by atoms with Crippen LogP contribution in [0.5, 0.6) is 11.5 Å². The highest BCUT2D eigenvalue weighted by Crippen LogP contribution is 2.41. The number of hydrogen-bond acceptors (Lipinski definition) is 5. The second-order valence-electron chi connectivity index (χ2n) is 7.42. The lowest BCUT2D eigenvalue weighted by molar-refractivity contribution is -0.123. The number of aliphatic hydroxyl groups excluding tert-OH is 1. The van der Waals surface area contributed by atoms with E-state index in [0.717, 1.165) is 43.9 Å². The van der Waals surface area contributed by atoms with E-state index in [1.165, 1.54) is 11.1 Å². The second kappa shape index (κ2) is 8.89. The van der Waals surface area contributed by atoms with Gasteiger partial charge in [-0.2, -0.15) is 0 Å². The van der Waals surface area contributed by atoms with Gasteiger partial charge in [-0.05, 0) is 42.5 Å². The first-order valence-electron chi connectivity index (χ1n) is 9.54. The van der Waals surface area contributed by atoms with Crippen molar-refractivity contribution in [2.75, 3.05) is 40.6 Å². The summed E-state index contributed by atoms with van der Waals surface area (Å²) >= 11 is 0. The molecule has 2 N–H and O–H groups in total. The highest BCUT2D eigenvalue weighted by atomic mass is 19.1. The summed E-state index contributed by atoms with van der Waals surface area (Å²) in [6.45, 7) is 0.739. The number of rotatable bonds is 7. The molecule has 1 saturated heterocycles. The molecule has 2 aliphatic rings. The minimum absolute atomic E-state index is 0.0345. The number of methoxy groups -OCH3 is 2. The van der Waals surface area contributed by atoms with E-state index < -0.39 is 12.6 Å². The van der Waals surface area contributed by atoms with E-state index in [1.807, 2.05) is 0 Å². The molecule has 0 radical (unpaired) electrons. The number of halogens is 1. The molecule has 1 aromatic rings. The largest absolute Gasteiger partial charge is 0.493 e. The van der Waals surface area contributed by atoms with Gasteiger partial charge >= 0.3 is 0 Å². The number of fused-ring (bicyclic) bond motifs is 3. The number of amides is 1. The maximum absolute atomic E-state index is 12.7. The zero-order valence-corrected chi connectivity index (χ0v) is 16.0. The van der Waals surface area contributed by atoms with Gasteiger partial charge in [0.2, 0.25) is 5.91 Å². The molecule has 1 amide bonds. The molecule has 0 bridgehead atoms. The number of nitrogens with one attached hydrogen (secondary N) is 1. The third-order valence-electron chi connectivity index (χ3n) is 5.67. The van der Waals surface area contributed by atoms with Crippen LogP contribution in [0.1, 0.15) is 36.4 Å². The van der Waals surface area contributed by atoms with Crippen LogP contribution in [0.15, 0.2) is 12.1 Å². The summed E-state index contributed by atoms with van der Waals surface area (Å²) in [4.78, 5) is 14.5. The third kappa shape index (κ3) is 4.35. The van der Waals surface area contributed by atoms with Crippen LogP contribution in [0.2, 0.25) is 0 Å². The molecule has 2 heterocycles. The van der Waals surface area contributed by atoms with Crippen molar-refractivity contribution >= 4 is 5.91 Å². The molecule has 0 spiro atoms. The van der Waals surface area contributed by atoms with Crippen molar-refractivity contribution in [2.24, 2.45) is 5.92 Å². The number of piperidine rings is 1. The summed E-state index contributed by atoms with van der Waals surface area (Å²) in [6.07, 6.45) is 2.79. The molecular formula is C20H29FN2O4. The Balaban J connectivity index is 1.65. The van der Waals surface area contributed by atoms with Gasteiger partial charge in [-0.15, -0.1) is 0 Å². The lowest BCUT2D eigenvalue weighted by Crippen LogP contribution is -2.51. The first kappa shape index (κ1) is 19.9. The van der Waals surface area contributed by atoms with Crippen LogP contribution in [0, 0.1) is 5.92 Å². The molecule has 1 aromatic carbocycles. The Morgan fingerprint density at radius 2 is 2.07 bits per heavy atom. The van der Waals surface area contributed by atoms with Gasteiger partial charge in [0.05, 0.1) is 20.9 Å². The predicted molar refractivity (Wildman–Crippen MR) is 99.9 cm³/mol. The van der Waals surface area contributed by atoms with Crippen LogP contribution in [-0.4, -0.2) is 62.5 Å². The molecule has 150 valence electrons. The Kier molecular flexibility index (Phi) is 6.55. The number of benzene rings is 1. The van der Waals surface area contributed by atoms with E-state index in [2.05, 4.69) is 22.3 Å². The van der Waals surface area contributed by atoms with Crippen LogP contribution in [0.4, 0.5) is 4.39 Å². The molecule has 3 atom stereocenters. The zero-order chi connectivity index (χ0) is 19.4. The monoisotopic (exact) mass is 380 g/mol. The summed E-state index contributed by atoms with van der Waals surface area (Å²) in [7, 11) is 3.30. The molecule has 27 heavy (non-hydrogen) atoms. The Labute approximate surface area is 159 Å². The van der Waals surface area contributed by atoms with Crippen molar-refractivity contribution in [3.8, 4) is 11.5 Å². The lowest BCUT2D eigenvalue weighted by Gasteiger charge is -2.44. The second-order valence-corrected chi connectivity index (χ2v) is 7.42. The Hall–Kier alpha value is -1.86. The van der Waals surface area contributed by atoms with E-state index >= 15 is 0 Å². The summed E-state index contributed by atoms with van der Waals surface area (Å²) < 4.78 is 23.6. The van der Waals surface area contributed by atoms with E-state index in [0.29, 0.717) is 6.04 Å². The first-order valence-corrected chi connectivity index (χ1v) is 9.54. The smallest absolute Gasteiger partial charge is 0.220 e. The number of nitrogens with zero attached hydrogens (tertiary/aromatic N) is 1. The summed E-state index contributed by atoms with van der Waals surface area (Å²) in [6, 6.07) is 4.54. The molecule has 7 heteroatoms. The van der Waals surface area contributed by atoms with Gasteiger partial charge in [-0.3, -0.25) is 14.1 Å². The minimum atomic E-state index is -0.676. The summed E-state index contributed by atoms with van der Waals surface area (Å²) in [5, 5.41) is 12.1. The fourth-order valence-electron chi connectivity index (χ4n) is 4.20. The van der Waals surface area contributed by atoms with Crippen molar-refractivity contribution < 1.29 is 23.8 Å². The first-order chi connectivity index (χ1) is 13.1. The zero-order valence-electron chi connectivity index (χ0n) is 16.0. The average Bonchev–Trinajstić information content (AvgIpc) is 2.70. The average molecular weight is 380 g/mol. The number of carbonyl (C=O) groups excluding carboxylic acids is 1. The van der Waals surface area contributed by atoms with E-state index in [9.17, 15) is 9.18 Å². The van der Waals surface area contributed by atoms with Gasteiger partial charge in [0.25, 0.3) is 0 Å². The summed E-state index contributed by atoms with van der Waals surface area (Å²) in [5.74, 6) is 0.719. The highest BCUT2D eigenvalue weighted by molar-refractivity contribution is 5.76. The normalized spacial score (nSPS) is 23.1. The SMILES string of the molecule is COc1cc2c(cc1OC)C1CCC(NC(=O)CC(CO)CF)CN1CC2. The molecule has 2 aliphatic heterocycles. The molecule has 0 aliphatic carbocycles. The quantitative estimate of drug-likeness (QED) is 0.756. The topological polar surface area (TPSA) is 71.0 Å². The van der Waals surface area contributed by atoms with Crippen molar-refractivity contribution in [1.29, 1.82) is 0 Å². The van der Waals surface area contributed by atoms with Crippen molar-refractivity contribution in [3.63, 3.8) is 0 Å². The lowest BCUT2D eigenvalue weighted by atomic mass is 9.85. The van der Waals surface area contributed by atoms with Crippen LogP contribution in [0.3, 0.4) is 0 Å². The number of alkyl halides is 1. The van der Waals surface area contributed by atoms with E-state index in [-0.39, 0.29) is 25.0 Å². The van der Waals surface area contributed by atoms with Crippen LogP contribution in [0.25, 0.3) is 0 Å². The van der Waals surface area contributed by atoms with Gasteiger partial charge < -0.3 is 19.9 Å². The molecule has 1 fully saturated rings. The minimum Gasteiger partial charge on any atom is -0.493 e. The fraction of sp³-hybridized carbons (Fsp3) is 0.650. The molecular weight excluding hydrogens is 351 g/mol. The Morgan fingerprint density at radius 3 is 2.74 bits per heavy atom.